The highest BCUT2D eigenvalue weighted by Crippen LogP contribution is 2.16. The minimum Gasteiger partial charge on any atom is -0.327 e. The maximum atomic E-state index is 5.48. The molecule has 0 aromatic heterocycles. The predicted octanol–water partition coefficient (Wildman–Crippen LogP) is 0.501. The minimum atomic E-state index is 0.638. The average molecular weight is 140 g/mol. The molecule has 1 rings (SSSR count). The zero-order valence-electron chi connectivity index (χ0n) is 6.40. The molecule has 3 N–H and O–H groups in total. The van der Waals surface area contributed by atoms with Crippen molar-refractivity contribution >= 4 is 0 Å². The van der Waals surface area contributed by atoms with Crippen molar-refractivity contribution in [1.82, 2.24) is 5.32 Å². The zero-order valence-corrected chi connectivity index (χ0v) is 6.40. The molecule has 0 aromatic rings. The number of nitrogens with one attached hydrogen (secondary N) is 1. The maximum Gasteiger partial charge on any atom is 0.0137 e. The molecule has 0 saturated carbocycles. The molecule has 2 nitrogen and oxygen atoms in total. The Morgan fingerprint density at radius 3 is 3.00 bits per heavy atom. The molecule has 58 valence electrons. The number of nitrogens with two attached hydrogens (primary N) is 1. The van der Waals surface area contributed by atoms with Gasteiger partial charge in [-0.1, -0.05) is 12.2 Å². The molecule has 0 spiro atoms. The second kappa shape index (κ2) is 3.74. The standard InChI is InChI=1S/C8H16N2/c1-7(5-9)8-3-2-4-10-6-8/h8,10H,1-6,9H2. The molecule has 0 aromatic carbocycles. The molecule has 10 heavy (non-hydrogen) atoms. The third-order valence-corrected chi connectivity index (χ3v) is 2.14. The number of rotatable bonds is 2. The Morgan fingerprint density at radius 1 is 1.70 bits per heavy atom. The van der Waals surface area contributed by atoms with Gasteiger partial charge in [0.05, 0.1) is 0 Å². The molecular formula is C8H16N2. The zero-order chi connectivity index (χ0) is 7.40. The van der Waals surface area contributed by atoms with Crippen LogP contribution in [0.15, 0.2) is 12.2 Å². The van der Waals surface area contributed by atoms with E-state index in [1.165, 1.54) is 18.4 Å². The monoisotopic (exact) mass is 140 g/mol. The Hall–Kier alpha value is -0.340. The number of piperidine rings is 1. The van der Waals surface area contributed by atoms with E-state index < -0.39 is 0 Å². The molecule has 1 atom stereocenters. The predicted molar refractivity (Wildman–Crippen MR) is 43.8 cm³/mol. The fourth-order valence-corrected chi connectivity index (χ4v) is 1.37. The summed E-state index contributed by atoms with van der Waals surface area (Å²) < 4.78 is 0. The van der Waals surface area contributed by atoms with Gasteiger partial charge in [0.25, 0.3) is 0 Å². The number of hydrogen-bond acceptors (Lipinski definition) is 2. The van der Waals surface area contributed by atoms with Crippen LogP contribution in [0.3, 0.4) is 0 Å². The van der Waals surface area contributed by atoms with Gasteiger partial charge in [-0.05, 0) is 25.3 Å². The third kappa shape index (κ3) is 1.82. The van der Waals surface area contributed by atoms with Crippen molar-refractivity contribution in [2.75, 3.05) is 19.6 Å². The summed E-state index contributed by atoms with van der Waals surface area (Å²) in [6, 6.07) is 0. The first-order chi connectivity index (χ1) is 4.84. The Balaban J connectivity index is 2.31. The first kappa shape index (κ1) is 7.76. The van der Waals surface area contributed by atoms with Crippen LogP contribution in [0.25, 0.3) is 0 Å². The first-order valence-electron chi connectivity index (χ1n) is 3.93. The summed E-state index contributed by atoms with van der Waals surface area (Å²) in [5, 5.41) is 3.33. The van der Waals surface area contributed by atoms with Gasteiger partial charge in [-0.3, -0.25) is 0 Å². The Bertz CT molecular complexity index is 114. The summed E-state index contributed by atoms with van der Waals surface area (Å²) >= 11 is 0. The van der Waals surface area contributed by atoms with E-state index in [0.717, 1.165) is 13.1 Å². The van der Waals surface area contributed by atoms with Gasteiger partial charge in [0, 0.05) is 13.1 Å². The van der Waals surface area contributed by atoms with E-state index in [4.69, 9.17) is 5.73 Å². The van der Waals surface area contributed by atoms with Crippen molar-refractivity contribution in [3.63, 3.8) is 0 Å². The van der Waals surface area contributed by atoms with Crippen LogP contribution in [0, 0.1) is 5.92 Å². The van der Waals surface area contributed by atoms with Gasteiger partial charge in [0.2, 0.25) is 0 Å². The topological polar surface area (TPSA) is 38.0 Å². The lowest BCUT2D eigenvalue weighted by atomic mass is 9.92. The molecule has 2 heteroatoms. The first-order valence-corrected chi connectivity index (χ1v) is 3.93. The van der Waals surface area contributed by atoms with Gasteiger partial charge in [-0.15, -0.1) is 0 Å². The van der Waals surface area contributed by atoms with Crippen LogP contribution >= 0.6 is 0 Å². The molecule has 0 aliphatic carbocycles. The summed E-state index contributed by atoms with van der Waals surface area (Å²) in [6.07, 6.45) is 2.53. The normalized spacial score (nSPS) is 26.3. The van der Waals surface area contributed by atoms with Crippen LogP contribution in [-0.2, 0) is 0 Å². The van der Waals surface area contributed by atoms with Gasteiger partial charge in [-0.2, -0.15) is 0 Å². The summed E-state index contributed by atoms with van der Waals surface area (Å²) in [6.45, 7) is 6.82. The van der Waals surface area contributed by atoms with Crippen molar-refractivity contribution in [1.29, 1.82) is 0 Å². The third-order valence-electron chi connectivity index (χ3n) is 2.14. The van der Waals surface area contributed by atoms with Gasteiger partial charge in [0.1, 0.15) is 0 Å². The Morgan fingerprint density at radius 2 is 2.50 bits per heavy atom. The average Bonchev–Trinajstić information content (AvgIpc) is 2.05. The van der Waals surface area contributed by atoms with Crippen LogP contribution in [0.5, 0.6) is 0 Å². The van der Waals surface area contributed by atoms with Gasteiger partial charge >= 0.3 is 0 Å². The van der Waals surface area contributed by atoms with Gasteiger partial charge in [0.15, 0.2) is 0 Å². The largest absolute Gasteiger partial charge is 0.327 e. The second-order valence-corrected chi connectivity index (χ2v) is 2.91. The van der Waals surface area contributed by atoms with Crippen LogP contribution in [0.2, 0.25) is 0 Å². The van der Waals surface area contributed by atoms with E-state index in [1.54, 1.807) is 0 Å². The van der Waals surface area contributed by atoms with Gasteiger partial charge in [-0.25, -0.2) is 0 Å². The highest BCUT2D eigenvalue weighted by atomic mass is 14.9. The lowest BCUT2D eigenvalue weighted by molar-refractivity contribution is 0.420. The van der Waals surface area contributed by atoms with Crippen LogP contribution in [0.1, 0.15) is 12.8 Å². The van der Waals surface area contributed by atoms with E-state index in [-0.39, 0.29) is 0 Å². The molecule has 1 unspecified atom stereocenters. The molecule has 1 aliphatic rings. The lowest BCUT2D eigenvalue weighted by Crippen LogP contribution is -2.32. The smallest absolute Gasteiger partial charge is 0.0137 e. The Labute approximate surface area is 62.5 Å². The quantitative estimate of drug-likeness (QED) is 0.548. The van der Waals surface area contributed by atoms with Crippen molar-refractivity contribution in [3.8, 4) is 0 Å². The van der Waals surface area contributed by atoms with E-state index in [1.807, 2.05) is 0 Å². The summed E-state index contributed by atoms with van der Waals surface area (Å²) in [4.78, 5) is 0. The van der Waals surface area contributed by atoms with Crippen molar-refractivity contribution < 1.29 is 0 Å². The molecular weight excluding hydrogens is 124 g/mol. The van der Waals surface area contributed by atoms with Crippen LogP contribution < -0.4 is 11.1 Å². The molecule has 1 aliphatic heterocycles. The van der Waals surface area contributed by atoms with Crippen molar-refractivity contribution in [3.05, 3.63) is 12.2 Å². The maximum absolute atomic E-state index is 5.48. The summed E-state index contributed by atoms with van der Waals surface area (Å²) in [5.74, 6) is 0.638. The molecule has 0 radical (unpaired) electrons. The fraction of sp³-hybridized carbons (Fsp3) is 0.750. The van der Waals surface area contributed by atoms with E-state index in [0.29, 0.717) is 12.5 Å². The minimum absolute atomic E-state index is 0.638. The lowest BCUT2D eigenvalue weighted by Gasteiger charge is -2.23. The van der Waals surface area contributed by atoms with E-state index >= 15 is 0 Å². The second-order valence-electron chi connectivity index (χ2n) is 2.91. The van der Waals surface area contributed by atoms with Gasteiger partial charge < -0.3 is 11.1 Å². The Kier molecular flexibility index (Phi) is 2.90. The molecule has 1 saturated heterocycles. The molecule has 1 fully saturated rings. The van der Waals surface area contributed by atoms with Crippen LogP contribution in [-0.4, -0.2) is 19.6 Å². The number of hydrogen-bond donors (Lipinski definition) is 2. The summed E-state index contributed by atoms with van der Waals surface area (Å²) in [7, 11) is 0. The van der Waals surface area contributed by atoms with E-state index in [9.17, 15) is 0 Å². The SMILES string of the molecule is C=C(CN)C1CCCNC1. The highest BCUT2D eigenvalue weighted by molar-refractivity contribution is 5.03. The van der Waals surface area contributed by atoms with E-state index in [2.05, 4.69) is 11.9 Å². The van der Waals surface area contributed by atoms with Crippen molar-refractivity contribution in [2.45, 2.75) is 12.8 Å². The van der Waals surface area contributed by atoms with Crippen LogP contribution in [0.4, 0.5) is 0 Å². The van der Waals surface area contributed by atoms with Crippen molar-refractivity contribution in [2.24, 2.45) is 11.7 Å². The molecule has 1 heterocycles. The molecule has 0 amide bonds. The molecule has 0 bridgehead atoms. The fourth-order valence-electron chi connectivity index (χ4n) is 1.37. The summed E-state index contributed by atoms with van der Waals surface area (Å²) in [5.41, 5.74) is 6.68. The highest BCUT2D eigenvalue weighted by Gasteiger charge is 2.13.